The third-order valence-corrected chi connectivity index (χ3v) is 3.11. The van der Waals surface area contributed by atoms with Gasteiger partial charge in [-0.15, -0.1) is 0 Å². The van der Waals surface area contributed by atoms with Crippen molar-refractivity contribution >= 4 is 31.9 Å². The van der Waals surface area contributed by atoms with Gasteiger partial charge < -0.3 is 5.11 Å². The average Bonchev–Trinajstić information content (AvgIpc) is 2.37. The third kappa shape index (κ3) is 3.63. The van der Waals surface area contributed by atoms with Crippen LogP contribution in [0.4, 0.5) is 4.39 Å². The maximum Gasteiger partial charge on any atom is 0.145 e. The molecule has 0 unspecified atom stereocenters. The summed E-state index contributed by atoms with van der Waals surface area (Å²) in [7, 11) is 1.00. The number of hydrogen-bond acceptors (Lipinski definition) is 1. The van der Waals surface area contributed by atoms with Crippen molar-refractivity contribution in [3.05, 3.63) is 57.2 Å². The van der Waals surface area contributed by atoms with E-state index >= 15 is 0 Å². The Morgan fingerprint density at radius 3 is 2.18 bits per heavy atom. The first-order valence-corrected chi connectivity index (χ1v) is 6.42. The normalized spacial score (nSPS) is 9.47. The van der Waals surface area contributed by atoms with Crippen molar-refractivity contribution < 1.29 is 9.50 Å². The maximum atomic E-state index is 13.8. The van der Waals surface area contributed by atoms with Crippen LogP contribution in [0.3, 0.4) is 0 Å². The van der Waals surface area contributed by atoms with Crippen molar-refractivity contribution in [2.24, 2.45) is 0 Å². The lowest BCUT2D eigenvalue weighted by Crippen LogP contribution is -1.86. The molecular weight excluding hydrogens is 351 g/mol. The smallest absolute Gasteiger partial charge is 0.145 e. The van der Waals surface area contributed by atoms with E-state index in [-0.39, 0.29) is 5.82 Å². The zero-order valence-corrected chi connectivity index (χ0v) is 12.3. The zero-order valence-electron chi connectivity index (χ0n) is 9.12. The maximum absolute atomic E-state index is 13.8. The first kappa shape index (κ1) is 14.4. The van der Waals surface area contributed by atoms with E-state index in [4.69, 9.17) is 5.11 Å². The van der Waals surface area contributed by atoms with Crippen molar-refractivity contribution in [2.75, 3.05) is 7.11 Å². The fraction of sp³-hybridized carbons (Fsp3) is 0.0769. The molecule has 1 nitrogen and oxygen atoms in total. The molecule has 17 heavy (non-hydrogen) atoms. The Morgan fingerprint density at radius 2 is 1.59 bits per heavy atom. The number of aliphatic hydroxyl groups excluding tert-OH is 1. The molecule has 0 spiro atoms. The second-order valence-corrected chi connectivity index (χ2v) is 4.89. The summed E-state index contributed by atoms with van der Waals surface area (Å²) in [4.78, 5) is 0. The highest BCUT2D eigenvalue weighted by Crippen LogP contribution is 2.31. The van der Waals surface area contributed by atoms with Crippen LogP contribution in [0.1, 0.15) is 0 Å². The second kappa shape index (κ2) is 6.89. The van der Waals surface area contributed by atoms with Crippen LogP contribution in [0.5, 0.6) is 0 Å². The molecule has 2 aromatic carbocycles. The summed E-state index contributed by atoms with van der Waals surface area (Å²) in [6, 6.07) is 12.9. The number of benzene rings is 2. The van der Waals surface area contributed by atoms with Crippen LogP contribution in [-0.4, -0.2) is 12.2 Å². The summed E-state index contributed by atoms with van der Waals surface area (Å²) in [5, 5.41) is 7.00. The van der Waals surface area contributed by atoms with Gasteiger partial charge in [-0.3, -0.25) is 0 Å². The molecule has 0 amide bonds. The molecule has 0 fully saturated rings. The first-order chi connectivity index (χ1) is 8.18. The van der Waals surface area contributed by atoms with Crippen LogP contribution in [-0.2, 0) is 0 Å². The summed E-state index contributed by atoms with van der Waals surface area (Å²) in [6.45, 7) is 0. The predicted molar refractivity (Wildman–Crippen MR) is 75.4 cm³/mol. The van der Waals surface area contributed by atoms with E-state index in [2.05, 4.69) is 31.9 Å². The molecule has 0 saturated heterocycles. The number of aliphatic hydroxyl groups is 1. The lowest BCUT2D eigenvalue weighted by molar-refractivity contribution is 0.399. The molecule has 0 saturated carbocycles. The van der Waals surface area contributed by atoms with Crippen molar-refractivity contribution in [1.82, 2.24) is 0 Å². The minimum atomic E-state index is -0.232. The fourth-order valence-electron chi connectivity index (χ4n) is 1.38. The monoisotopic (exact) mass is 360 g/mol. The Bertz CT molecular complexity index is 486. The van der Waals surface area contributed by atoms with Crippen molar-refractivity contribution in [2.45, 2.75) is 0 Å². The number of halogens is 3. The van der Waals surface area contributed by atoms with Crippen LogP contribution >= 0.6 is 31.9 Å². The van der Waals surface area contributed by atoms with Gasteiger partial charge in [0.1, 0.15) is 5.82 Å². The summed E-state index contributed by atoms with van der Waals surface area (Å²) in [5.74, 6) is -0.232. The van der Waals surface area contributed by atoms with Crippen LogP contribution in [0, 0.1) is 5.82 Å². The van der Waals surface area contributed by atoms with Crippen molar-refractivity contribution in [3.63, 3.8) is 0 Å². The van der Waals surface area contributed by atoms with Gasteiger partial charge in [0.05, 0.1) is 4.47 Å². The fourth-order valence-corrected chi connectivity index (χ4v) is 2.61. The minimum Gasteiger partial charge on any atom is -0.400 e. The molecule has 0 atom stereocenters. The Balaban J connectivity index is 0.000000686. The van der Waals surface area contributed by atoms with Gasteiger partial charge in [0, 0.05) is 17.1 Å². The largest absolute Gasteiger partial charge is 0.400 e. The molecule has 2 rings (SSSR count). The van der Waals surface area contributed by atoms with Crippen LogP contribution in [0.2, 0.25) is 0 Å². The molecule has 0 aliphatic heterocycles. The zero-order chi connectivity index (χ0) is 12.8. The SMILES string of the molecule is CO.Fc1c(Br)cc(Br)cc1-c1ccccc1. The van der Waals surface area contributed by atoms with E-state index in [1.165, 1.54) is 0 Å². The second-order valence-electron chi connectivity index (χ2n) is 3.12. The molecule has 2 aromatic rings. The molecule has 1 N–H and O–H groups in total. The lowest BCUT2D eigenvalue weighted by Gasteiger charge is -2.05. The molecule has 4 heteroatoms. The molecular formula is C13H11Br2FO. The summed E-state index contributed by atoms with van der Waals surface area (Å²) < 4.78 is 15.1. The van der Waals surface area contributed by atoms with Crippen molar-refractivity contribution in [1.29, 1.82) is 0 Å². The summed E-state index contributed by atoms with van der Waals surface area (Å²) in [5.41, 5.74) is 1.47. The first-order valence-electron chi connectivity index (χ1n) is 4.83. The van der Waals surface area contributed by atoms with E-state index in [1.807, 2.05) is 30.3 Å². The van der Waals surface area contributed by atoms with Gasteiger partial charge in [-0.1, -0.05) is 46.3 Å². The van der Waals surface area contributed by atoms with E-state index in [0.29, 0.717) is 10.0 Å². The minimum absolute atomic E-state index is 0.232. The summed E-state index contributed by atoms with van der Waals surface area (Å²) in [6.07, 6.45) is 0. The van der Waals surface area contributed by atoms with Crippen LogP contribution in [0.15, 0.2) is 51.4 Å². The van der Waals surface area contributed by atoms with Gasteiger partial charge >= 0.3 is 0 Å². The Kier molecular flexibility index (Phi) is 5.82. The Hall–Kier alpha value is -0.710. The van der Waals surface area contributed by atoms with Gasteiger partial charge in [0.2, 0.25) is 0 Å². The van der Waals surface area contributed by atoms with Gasteiger partial charge in [-0.25, -0.2) is 4.39 Å². The molecule has 0 aliphatic rings. The van der Waals surface area contributed by atoms with Crippen molar-refractivity contribution in [3.8, 4) is 11.1 Å². The van der Waals surface area contributed by atoms with Gasteiger partial charge in [0.25, 0.3) is 0 Å². The van der Waals surface area contributed by atoms with E-state index < -0.39 is 0 Å². The predicted octanol–water partition coefficient (Wildman–Crippen LogP) is 4.63. The highest BCUT2D eigenvalue weighted by Gasteiger charge is 2.09. The number of hydrogen-bond donors (Lipinski definition) is 1. The van der Waals surface area contributed by atoms with E-state index in [0.717, 1.165) is 17.1 Å². The van der Waals surface area contributed by atoms with Crippen LogP contribution in [0.25, 0.3) is 11.1 Å². The molecule has 0 aliphatic carbocycles. The standard InChI is InChI=1S/C12H7Br2F.CH4O/c13-9-6-10(12(15)11(14)7-9)8-4-2-1-3-5-8;1-2/h1-7H;2H,1H3. The molecule has 0 bridgehead atoms. The highest BCUT2D eigenvalue weighted by atomic mass is 79.9. The van der Waals surface area contributed by atoms with E-state index in [9.17, 15) is 4.39 Å². The third-order valence-electron chi connectivity index (χ3n) is 2.08. The summed E-state index contributed by atoms with van der Waals surface area (Å²) >= 11 is 6.54. The lowest BCUT2D eigenvalue weighted by atomic mass is 10.1. The molecule has 0 heterocycles. The van der Waals surface area contributed by atoms with Gasteiger partial charge in [-0.2, -0.15) is 0 Å². The molecule has 0 radical (unpaired) electrons. The highest BCUT2D eigenvalue weighted by molar-refractivity contribution is 9.11. The Morgan fingerprint density at radius 1 is 1.00 bits per heavy atom. The molecule has 90 valence electrons. The molecule has 0 aromatic heterocycles. The topological polar surface area (TPSA) is 20.2 Å². The van der Waals surface area contributed by atoms with E-state index in [1.54, 1.807) is 12.1 Å². The average molecular weight is 362 g/mol. The Labute approximate surface area is 117 Å². The quantitative estimate of drug-likeness (QED) is 0.734. The van der Waals surface area contributed by atoms with Crippen LogP contribution < -0.4 is 0 Å². The number of rotatable bonds is 1. The van der Waals surface area contributed by atoms with Gasteiger partial charge in [0.15, 0.2) is 0 Å². The van der Waals surface area contributed by atoms with Gasteiger partial charge in [-0.05, 0) is 33.6 Å².